The van der Waals surface area contributed by atoms with Gasteiger partial charge in [0.25, 0.3) is 0 Å². The first-order valence-electron chi connectivity index (χ1n) is 6.23. The summed E-state index contributed by atoms with van der Waals surface area (Å²) in [6, 6.07) is 5.19. The fourth-order valence-electron chi connectivity index (χ4n) is 1.95. The molecule has 3 rings (SSSR count). The lowest BCUT2D eigenvalue weighted by Gasteiger charge is -2.04. The molecule has 0 bridgehead atoms. The number of fused-ring (bicyclic) bond motifs is 1. The standard InChI is InChI=1S/C14H11Cl2N3OS/c15-11-2-1-9(5-12(11)16)6-13(20)17-7-10-8-19-3-4-21-14(19)18-10/h1-5,8H,6-7H2,(H,17,20). The number of benzene rings is 1. The third-order valence-corrected chi connectivity index (χ3v) is 4.47. The zero-order valence-electron chi connectivity index (χ0n) is 10.8. The highest BCUT2D eigenvalue weighted by Gasteiger charge is 2.07. The average Bonchev–Trinajstić information content (AvgIpc) is 3.01. The van der Waals surface area contributed by atoms with E-state index in [4.69, 9.17) is 23.2 Å². The molecule has 1 amide bonds. The second-order valence-electron chi connectivity index (χ2n) is 4.53. The van der Waals surface area contributed by atoms with E-state index in [1.807, 2.05) is 22.2 Å². The first-order valence-corrected chi connectivity index (χ1v) is 7.87. The smallest absolute Gasteiger partial charge is 0.224 e. The Balaban J connectivity index is 1.58. The molecule has 4 nitrogen and oxygen atoms in total. The van der Waals surface area contributed by atoms with Crippen molar-refractivity contribution in [2.75, 3.05) is 0 Å². The van der Waals surface area contributed by atoms with Crippen molar-refractivity contribution in [3.8, 4) is 0 Å². The van der Waals surface area contributed by atoms with Gasteiger partial charge in [0, 0.05) is 17.8 Å². The number of carbonyl (C=O) groups is 1. The largest absolute Gasteiger partial charge is 0.350 e. The molecule has 0 fully saturated rings. The molecule has 2 heterocycles. The first-order chi connectivity index (χ1) is 10.1. The van der Waals surface area contributed by atoms with E-state index < -0.39 is 0 Å². The predicted molar refractivity (Wildman–Crippen MR) is 85.1 cm³/mol. The van der Waals surface area contributed by atoms with E-state index >= 15 is 0 Å². The number of halogens is 2. The van der Waals surface area contributed by atoms with Crippen LogP contribution in [0.4, 0.5) is 0 Å². The molecule has 7 heteroatoms. The molecule has 21 heavy (non-hydrogen) atoms. The maximum absolute atomic E-state index is 11.9. The maximum Gasteiger partial charge on any atom is 0.224 e. The third-order valence-electron chi connectivity index (χ3n) is 2.96. The van der Waals surface area contributed by atoms with Crippen LogP contribution in [0, 0.1) is 0 Å². The van der Waals surface area contributed by atoms with Gasteiger partial charge >= 0.3 is 0 Å². The molecule has 108 valence electrons. The molecule has 0 spiro atoms. The van der Waals surface area contributed by atoms with Crippen LogP contribution in [0.5, 0.6) is 0 Å². The molecule has 1 aromatic carbocycles. The van der Waals surface area contributed by atoms with Gasteiger partial charge in [0.2, 0.25) is 5.91 Å². The monoisotopic (exact) mass is 339 g/mol. The molecule has 3 aromatic rings. The Hall–Kier alpha value is -1.56. The molecule has 1 N–H and O–H groups in total. The van der Waals surface area contributed by atoms with Crippen LogP contribution in [0.3, 0.4) is 0 Å². The quantitative estimate of drug-likeness (QED) is 0.789. The van der Waals surface area contributed by atoms with Crippen LogP contribution in [0.1, 0.15) is 11.3 Å². The van der Waals surface area contributed by atoms with Crippen molar-refractivity contribution < 1.29 is 4.79 Å². The van der Waals surface area contributed by atoms with Crippen molar-refractivity contribution in [1.82, 2.24) is 14.7 Å². The summed E-state index contributed by atoms with van der Waals surface area (Å²) < 4.78 is 1.94. The molecular weight excluding hydrogens is 329 g/mol. The fourth-order valence-corrected chi connectivity index (χ4v) is 2.99. The molecule has 0 atom stereocenters. The van der Waals surface area contributed by atoms with Crippen LogP contribution in [-0.4, -0.2) is 15.3 Å². The Labute approximate surface area is 135 Å². The zero-order chi connectivity index (χ0) is 14.8. The van der Waals surface area contributed by atoms with Crippen molar-refractivity contribution >= 4 is 45.4 Å². The van der Waals surface area contributed by atoms with E-state index in [1.54, 1.807) is 29.5 Å². The van der Waals surface area contributed by atoms with Crippen LogP contribution in [-0.2, 0) is 17.8 Å². The Bertz CT molecular complexity index is 768. The Morgan fingerprint density at radius 1 is 1.33 bits per heavy atom. The van der Waals surface area contributed by atoms with E-state index in [2.05, 4.69) is 10.3 Å². The van der Waals surface area contributed by atoms with Gasteiger partial charge in [-0.15, -0.1) is 11.3 Å². The van der Waals surface area contributed by atoms with Gasteiger partial charge in [-0.3, -0.25) is 9.20 Å². The number of carbonyl (C=O) groups excluding carboxylic acids is 1. The number of hydrogen-bond donors (Lipinski definition) is 1. The lowest BCUT2D eigenvalue weighted by Crippen LogP contribution is -2.24. The summed E-state index contributed by atoms with van der Waals surface area (Å²) in [4.78, 5) is 17.2. The van der Waals surface area contributed by atoms with E-state index in [-0.39, 0.29) is 12.3 Å². The van der Waals surface area contributed by atoms with Gasteiger partial charge in [0.1, 0.15) is 0 Å². The summed E-state index contributed by atoms with van der Waals surface area (Å²) in [5.74, 6) is -0.0789. The lowest BCUT2D eigenvalue weighted by atomic mass is 10.1. The zero-order valence-corrected chi connectivity index (χ0v) is 13.2. The van der Waals surface area contributed by atoms with Gasteiger partial charge < -0.3 is 5.32 Å². The summed E-state index contributed by atoms with van der Waals surface area (Å²) in [6.45, 7) is 0.411. The van der Waals surface area contributed by atoms with Crippen LogP contribution in [0.25, 0.3) is 4.96 Å². The second-order valence-corrected chi connectivity index (χ2v) is 6.21. The average molecular weight is 340 g/mol. The van der Waals surface area contributed by atoms with Crippen LogP contribution in [0.15, 0.2) is 36.0 Å². The highest BCUT2D eigenvalue weighted by Crippen LogP contribution is 2.22. The highest BCUT2D eigenvalue weighted by molar-refractivity contribution is 7.15. The number of thiazole rings is 1. The maximum atomic E-state index is 11.9. The summed E-state index contributed by atoms with van der Waals surface area (Å²) in [5, 5.41) is 5.75. The first kappa shape index (κ1) is 14.4. The van der Waals surface area contributed by atoms with E-state index in [1.165, 1.54) is 0 Å². The Morgan fingerprint density at radius 3 is 2.95 bits per heavy atom. The summed E-state index contributed by atoms with van der Waals surface area (Å²) in [7, 11) is 0. The minimum Gasteiger partial charge on any atom is -0.350 e. The van der Waals surface area contributed by atoms with Crippen molar-refractivity contribution in [2.24, 2.45) is 0 Å². The van der Waals surface area contributed by atoms with Gasteiger partial charge in [0.15, 0.2) is 4.96 Å². The second kappa shape index (κ2) is 6.05. The Morgan fingerprint density at radius 2 is 2.19 bits per heavy atom. The van der Waals surface area contributed by atoms with Gasteiger partial charge in [-0.05, 0) is 17.7 Å². The van der Waals surface area contributed by atoms with Gasteiger partial charge in [0.05, 0.1) is 28.7 Å². The number of aromatic nitrogens is 2. The number of nitrogens with one attached hydrogen (secondary N) is 1. The molecule has 0 aliphatic heterocycles. The van der Waals surface area contributed by atoms with Crippen LogP contribution < -0.4 is 5.32 Å². The molecule has 0 saturated heterocycles. The molecule has 2 aromatic heterocycles. The van der Waals surface area contributed by atoms with E-state index in [0.717, 1.165) is 16.2 Å². The van der Waals surface area contributed by atoms with Crippen molar-refractivity contribution in [3.05, 3.63) is 57.3 Å². The summed E-state index contributed by atoms with van der Waals surface area (Å²) >= 11 is 13.3. The number of imidazole rings is 1. The highest BCUT2D eigenvalue weighted by atomic mass is 35.5. The molecular formula is C14H11Cl2N3OS. The van der Waals surface area contributed by atoms with Gasteiger partial charge in [-0.25, -0.2) is 4.98 Å². The van der Waals surface area contributed by atoms with Crippen LogP contribution >= 0.6 is 34.5 Å². The normalized spacial score (nSPS) is 11.0. The third kappa shape index (κ3) is 3.37. The van der Waals surface area contributed by atoms with Crippen molar-refractivity contribution in [2.45, 2.75) is 13.0 Å². The SMILES string of the molecule is O=C(Cc1ccc(Cl)c(Cl)c1)NCc1cn2ccsc2n1. The lowest BCUT2D eigenvalue weighted by molar-refractivity contribution is -0.120. The summed E-state index contributed by atoms with van der Waals surface area (Å²) in [5.41, 5.74) is 1.66. The number of hydrogen-bond acceptors (Lipinski definition) is 3. The van der Waals surface area contributed by atoms with E-state index in [9.17, 15) is 4.79 Å². The number of nitrogens with zero attached hydrogens (tertiary/aromatic N) is 2. The van der Waals surface area contributed by atoms with Gasteiger partial charge in [-0.1, -0.05) is 29.3 Å². The molecule has 0 unspecified atom stereocenters. The summed E-state index contributed by atoms with van der Waals surface area (Å²) in [6.07, 6.45) is 4.11. The fraction of sp³-hybridized carbons (Fsp3) is 0.143. The molecule has 0 aliphatic rings. The van der Waals surface area contributed by atoms with E-state index in [0.29, 0.717) is 16.6 Å². The van der Waals surface area contributed by atoms with Crippen molar-refractivity contribution in [3.63, 3.8) is 0 Å². The molecule has 0 saturated carbocycles. The molecule has 0 radical (unpaired) electrons. The Kier molecular flexibility index (Phi) is 4.14. The topological polar surface area (TPSA) is 46.4 Å². The molecule has 0 aliphatic carbocycles. The minimum absolute atomic E-state index is 0.0789. The number of rotatable bonds is 4. The number of amides is 1. The van der Waals surface area contributed by atoms with Crippen molar-refractivity contribution in [1.29, 1.82) is 0 Å². The predicted octanol–water partition coefficient (Wildman–Crippen LogP) is 3.56. The van der Waals surface area contributed by atoms with Crippen LogP contribution in [0.2, 0.25) is 10.0 Å². The minimum atomic E-state index is -0.0789. The van der Waals surface area contributed by atoms with Gasteiger partial charge in [-0.2, -0.15) is 0 Å².